The molecule has 0 N–H and O–H groups in total. The molecule has 1 rings (SSSR count). The molecule has 0 heterocycles. The third-order valence-electron chi connectivity index (χ3n) is 2.05. The molecule has 0 radical (unpaired) electrons. The number of hydrogen-bond donors (Lipinski definition) is 0. The van der Waals surface area contributed by atoms with Crippen molar-refractivity contribution in [3.05, 3.63) is 35.9 Å². The number of methoxy groups -OCH3 is 1. The summed E-state index contributed by atoms with van der Waals surface area (Å²) in [6.45, 7) is 0.736. The first kappa shape index (κ1) is 12.1. The lowest BCUT2D eigenvalue weighted by Crippen LogP contribution is -1.98. The Morgan fingerprint density at radius 2 is 2.13 bits per heavy atom. The fourth-order valence-corrected chi connectivity index (χ4v) is 2.39. The summed E-state index contributed by atoms with van der Waals surface area (Å²) in [5, 5.41) is 9.03. The number of benzene rings is 1. The molecule has 0 aliphatic heterocycles. The number of ether oxygens (including phenoxy) is 1. The minimum Gasteiger partial charge on any atom is -0.384 e. The first-order valence-corrected chi connectivity index (χ1v) is 5.95. The third kappa shape index (κ3) is 4.37. The average molecular weight is 221 g/mol. The topological polar surface area (TPSA) is 33.0 Å². The molecular formula is C12H15NOS. The normalized spacial score (nSPS) is 12.0. The van der Waals surface area contributed by atoms with Crippen molar-refractivity contribution in [1.29, 1.82) is 5.26 Å². The third-order valence-corrected chi connectivity index (χ3v) is 3.30. The Kier molecular flexibility index (Phi) is 5.91. The van der Waals surface area contributed by atoms with Crippen molar-refractivity contribution in [3.8, 4) is 6.07 Å². The molecule has 0 spiro atoms. The molecule has 80 valence electrons. The van der Waals surface area contributed by atoms with Gasteiger partial charge in [0.25, 0.3) is 0 Å². The summed E-state index contributed by atoms with van der Waals surface area (Å²) in [6.07, 6.45) is 0.554. The Morgan fingerprint density at radius 3 is 2.73 bits per heavy atom. The highest BCUT2D eigenvalue weighted by molar-refractivity contribution is 7.99. The van der Waals surface area contributed by atoms with Crippen molar-refractivity contribution in [3.63, 3.8) is 0 Å². The van der Waals surface area contributed by atoms with E-state index in [1.165, 1.54) is 5.56 Å². The predicted octanol–water partition coefficient (Wildman–Crippen LogP) is 3.02. The molecule has 15 heavy (non-hydrogen) atoms. The summed E-state index contributed by atoms with van der Waals surface area (Å²) in [7, 11) is 1.70. The number of hydrogen-bond acceptors (Lipinski definition) is 3. The molecule has 1 unspecified atom stereocenters. The van der Waals surface area contributed by atoms with Gasteiger partial charge in [-0.05, 0) is 5.56 Å². The Labute approximate surface area is 95.3 Å². The lowest BCUT2D eigenvalue weighted by molar-refractivity contribution is 0.218. The van der Waals surface area contributed by atoms with Crippen LogP contribution in [0.5, 0.6) is 0 Å². The first-order chi connectivity index (χ1) is 7.38. The second-order valence-corrected chi connectivity index (χ2v) is 4.44. The van der Waals surface area contributed by atoms with Gasteiger partial charge in [0.1, 0.15) is 0 Å². The van der Waals surface area contributed by atoms with Crippen molar-refractivity contribution in [1.82, 2.24) is 0 Å². The maximum absolute atomic E-state index is 8.76. The predicted molar refractivity (Wildman–Crippen MR) is 63.7 cm³/mol. The van der Waals surface area contributed by atoms with Gasteiger partial charge in [0.05, 0.1) is 19.1 Å². The van der Waals surface area contributed by atoms with Gasteiger partial charge >= 0.3 is 0 Å². The van der Waals surface area contributed by atoms with Gasteiger partial charge in [-0.1, -0.05) is 30.3 Å². The highest BCUT2D eigenvalue weighted by Gasteiger charge is 2.10. The fourth-order valence-electron chi connectivity index (χ4n) is 1.30. The molecule has 0 bridgehead atoms. The molecule has 1 aromatic rings. The van der Waals surface area contributed by atoms with Gasteiger partial charge in [0, 0.05) is 18.1 Å². The number of rotatable bonds is 6. The van der Waals surface area contributed by atoms with Crippen molar-refractivity contribution in [2.45, 2.75) is 11.7 Å². The van der Waals surface area contributed by atoms with Crippen LogP contribution in [0.3, 0.4) is 0 Å². The van der Waals surface area contributed by atoms with E-state index in [4.69, 9.17) is 10.00 Å². The largest absolute Gasteiger partial charge is 0.384 e. The van der Waals surface area contributed by atoms with Gasteiger partial charge in [-0.15, -0.1) is 0 Å². The van der Waals surface area contributed by atoms with E-state index in [9.17, 15) is 0 Å². The number of nitrogens with zero attached hydrogens (tertiary/aromatic N) is 1. The fraction of sp³-hybridized carbons (Fsp3) is 0.417. The molecule has 0 aliphatic carbocycles. The van der Waals surface area contributed by atoms with Gasteiger partial charge in [0.2, 0.25) is 0 Å². The standard InChI is InChI=1S/C12H15NOS/c1-14-9-10-15-12(7-8-13)11-5-3-2-4-6-11/h2-6,12H,7,9-10H2,1H3. The summed E-state index contributed by atoms with van der Waals surface area (Å²) in [4.78, 5) is 0. The van der Waals surface area contributed by atoms with Crippen LogP contribution in [0, 0.1) is 11.3 Å². The van der Waals surface area contributed by atoms with Gasteiger partial charge < -0.3 is 4.74 Å². The van der Waals surface area contributed by atoms with Crippen LogP contribution >= 0.6 is 11.8 Å². The summed E-state index contributed by atoms with van der Waals surface area (Å²) in [5.74, 6) is 0.928. The second kappa shape index (κ2) is 7.33. The zero-order valence-corrected chi connectivity index (χ0v) is 9.67. The van der Waals surface area contributed by atoms with E-state index in [0.717, 1.165) is 12.4 Å². The van der Waals surface area contributed by atoms with E-state index < -0.39 is 0 Å². The van der Waals surface area contributed by atoms with Crippen LogP contribution in [0.15, 0.2) is 30.3 Å². The average Bonchev–Trinajstić information content (AvgIpc) is 2.29. The summed E-state index contributed by atoms with van der Waals surface area (Å²) < 4.78 is 5.00. The zero-order valence-electron chi connectivity index (χ0n) is 8.85. The van der Waals surface area contributed by atoms with Crippen molar-refractivity contribution >= 4 is 11.8 Å². The number of nitriles is 1. The Bertz CT molecular complexity index is 307. The summed E-state index contributed by atoms with van der Waals surface area (Å²) in [6, 6.07) is 12.4. The summed E-state index contributed by atoms with van der Waals surface area (Å²) >= 11 is 1.78. The van der Waals surface area contributed by atoms with Crippen LogP contribution in [-0.2, 0) is 4.74 Å². The van der Waals surface area contributed by atoms with Crippen LogP contribution in [-0.4, -0.2) is 19.5 Å². The van der Waals surface area contributed by atoms with E-state index in [1.807, 2.05) is 18.2 Å². The Hall–Kier alpha value is -0.980. The molecule has 0 amide bonds. The molecule has 0 fully saturated rings. The Balaban J connectivity index is 2.55. The van der Waals surface area contributed by atoms with E-state index >= 15 is 0 Å². The molecule has 0 aliphatic rings. The minimum absolute atomic E-state index is 0.270. The quantitative estimate of drug-likeness (QED) is 0.692. The van der Waals surface area contributed by atoms with E-state index in [2.05, 4.69) is 18.2 Å². The highest BCUT2D eigenvalue weighted by Crippen LogP contribution is 2.31. The maximum atomic E-state index is 8.76. The van der Waals surface area contributed by atoms with Gasteiger partial charge in [-0.3, -0.25) is 0 Å². The van der Waals surface area contributed by atoms with Crippen LogP contribution in [0.25, 0.3) is 0 Å². The SMILES string of the molecule is COCCSC(CC#N)c1ccccc1. The molecule has 2 nitrogen and oxygen atoms in total. The van der Waals surface area contributed by atoms with Gasteiger partial charge in [0.15, 0.2) is 0 Å². The number of thioether (sulfide) groups is 1. The molecular weight excluding hydrogens is 206 g/mol. The smallest absolute Gasteiger partial charge is 0.0636 e. The van der Waals surface area contributed by atoms with E-state index in [1.54, 1.807) is 18.9 Å². The van der Waals surface area contributed by atoms with Crippen LogP contribution < -0.4 is 0 Å². The monoisotopic (exact) mass is 221 g/mol. The van der Waals surface area contributed by atoms with Crippen LogP contribution in [0.2, 0.25) is 0 Å². The van der Waals surface area contributed by atoms with Crippen LogP contribution in [0.1, 0.15) is 17.2 Å². The van der Waals surface area contributed by atoms with Crippen molar-refractivity contribution < 1.29 is 4.74 Å². The molecule has 1 atom stereocenters. The lowest BCUT2D eigenvalue weighted by Gasteiger charge is -2.13. The minimum atomic E-state index is 0.270. The molecule has 0 saturated carbocycles. The van der Waals surface area contributed by atoms with E-state index in [0.29, 0.717) is 6.42 Å². The van der Waals surface area contributed by atoms with Crippen molar-refractivity contribution in [2.75, 3.05) is 19.5 Å². The zero-order chi connectivity index (χ0) is 10.9. The van der Waals surface area contributed by atoms with Gasteiger partial charge in [-0.25, -0.2) is 0 Å². The highest BCUT2D eigenvalue weighted by atomic mass is 32.2. The Morgan fingerprint density at radius 1 is 1.40 bits per heavy atom. The molecule has 0 aromatic heterocycles. The first-order valence-electron chi connectivity index (χ1n) is 4.91. The maximum Gasteiger partial charge on any atom is 0.0636 e. The van der Waals surface area contributed by atoms with E-state index in [-0.39, 0.29) is 5.25 Å². The lowest BCUT2D eigenvalue weighted by atomic mass is 10.1. The molecule has 3 heteroatoms. The second-order valence-electron chi connectivity index (χ2n) is 3.13. The van der Waals surface area contributed by atoms with Crippen LogP contribution in [0.4, 0.5) is 0 Å². The van der Waals surface area contributed by atoms with Gasteiger partial charge in [-0.2, -0.15) is 17.0 Å². The van der Waals surface area contributed by atoms with Crippen molar-refractivity contribution in [2.24, 2.45) is 0 Å². The molecule has 1 aromatic carbocycles. The molecule has 0 saturated heterocycles. The summed E-state index contributed by atoms with van der Waals surface area (Å²) in [5.41, 5.74) is 1.22.